The molecule has 0 bridgehead atoms. The Balaban J connectivity index is 0. The Morgan fingerprint density at radius 1 is 1.15 bits per heavy atom. The van der Waals surface area contributed by atoms with E-state index < -0.39 is 0 Å². The molecule has 0 atom stereocenters. The largest absolute Gasteiger partial charge is 0.507 e. The summed E-state index contributed by atoms with van der Waals surface area (Å²) >= 11 is 0. The zero-order chi connectivity index (χ0) is 18.0. The van der Waals surface area contributed by atoms with Crippen LogP contribution in [-0.2, 0) is 17.8 Å². The molecule has 27 heavy (non-hydrogen) atoms. The minimum absolute atomic E-state index is 0. The number of phenols is 1. The van der Waals surface area contributed by atoms with Gasteiger partial charge in [-0.1, -0.05) is 0 Å². The van der Waals surface area contributed by atoms with Crippen molar-refractivity contribution >= 4 is 41.7 Å². The number of halogens is 2. The average Bonchev–Trinajstić information content (AvgIpc) is 2.78. The summed E-state index contributed by atoms with van der Waals surface area (Å²) in [4.78, 5) is 19.7. The molecule has 0 aliphatic carbocycles. The first kappa shape index (κ1) is 27.7. The first-order valence-electron chi connectivity index (χ1n) is 8.08. The van der Waals surface area contributed by atoms with Gasteiger partial charge in [-0.05, 0) is 48.1 Å². The number of hydrogen-bond donors (Lipinski definition) is 2. The van der Waals surface area contributed by atoms with E-state index in [-0.39, 0.29) is 42.0 Å². The Morgan fingerprint density at radius 3 is 2.19 bits per heavy atom. The van der Waals surface area contributed by atoms with Crippen LogP contribution in [-0.4, -0.2) is 66.1 Å². The van der Waals surface area contributed by atoms with Crippen molar-refractivity contribution in [2.45, 2.75) is 26.9 Å². The molecule has 0 unspecified atom stereocenters. The van der Waals surface area contributed by atoms with Crippen LogP contribution in [0.4, 0.5) is 0 Å². The van der Waals surface area contributed by atoms with E-state index in [4.69, 9.17) is 4.74 Å². The van der Waals surface area contributed by atoms with Crippen molar-refractivity contribution in [2.75, 3.05) is 34.8 Å². The molecule has 1 aromatic heterocycles. The lowest BCUT2D eigenvalue weighted by Gasteiger charge is -2.18. The fraction of sp³-hybridized carbons (Fsp3) is 0.500. The predicted octanol–water partition coefficient (Wildman–Crippen LogP) is 2.50. The highest BCUT2D eigenvalue weighted by molar-refractivity contribution is 6.07. The number of carbonyl (C=O) groups excluding carboxylic acids is 1. The fourth-order valence-electron chi connectivity index (χ4n) is 3.02. The van der Waals surface area contributed by atoms with Gasteiger partial charge in [-0.2, -0.15) is 0 Å². The monoisotopic (exact) mass is 423 g/mol. The van der Waals surface area contributed by atoms with Crippen molar-refractivity contribution < 1.29 is 20.1 Å². The number of phenolic OH excluding ortho intramolecular Hbond substituents is 1. The average molecular weight is 424 g/mol. The number of ether oxygens (including phenoxy) is 1. The summed E-state index contributed by atoms with van der Waals surface area (Å²) in [7, 11) is 7.79. The highest BCUT2D eigenvalue weighted by atomic mass is 35.5. The third-order valence-corrected chi connectivity index (χ3v) is 3.87. The van der Waals surface area contributed by atoms with E-state index >= 15 is 0 Å². The third kappa shape index (κ3) is 5.99. The van der Waals surface area contributed by atoms with Gasteiger partial charge in [0.1, 0.15) is 5.75 Å². The first-order valence-corrected chi connectivity index (χ1v) is 8.08. The summed E-state index contributed by atoms with van der Waals surface area (Å²) in [6.07, 6.45) is 0. The number of fused-ring (bicyclic) bond motifs is 1. The number of nitrogens with one attached hydrogen (secondary N) is 1. The number of aromatic amines is 1. The number of carbonyl (C=O) groups is 1. The molecule has 0 amide bonds. The van der Waals surface area contributed by atoms with E-state index in [0.29, 0.717) is 25.3 Å². The lowest BCUT2D eigenvalue weighted by Crippen LogP contribution is -2.15. The SMILES string of the molecule is CCOC(=O)c1c(C)[nH]c2cc(CN(C)C)c(O)c(CN(C)C)c12.Cl.Cl.O. The zero-order valence-corrected chi connectivity index (χ0v) is 18.3. The van der Waals surface area contributed by atoms with Crippen molar-refractivity contribution in [2.24, 2.45) is 0 Å². The van der Waals surface area contributed by atoms with Gasteiger partial charge in [-0.15, -0.1) is 24.8 Å². The number of esters is 1. The molecule has 1 heterocycles. The van der Waals surface area contributed by atoms with Crippen molar-refractivity contribution in [1.82, 2.24) is 14.8 Å². The summed E-state index contributed by atoms with van der Waals surface area (Å²) in [5, 5.41) is 11.6. The quantitative estimate of drug-likeness (QED) is 0.694. The van der Waals surface area contributed by atoms with Crippen molar-refractivity contribution in [1.29, 1.82) is 0 Å². The van der Waals surface area contributed by atoms with E-state index in [0.717, 1.165) is 27.7 Å². The summed E-state index contributed by atoms with van der Waals surface area (Å²) in [5.74, 6) is -0.115. The zero-order valence-electron chi connectivity index (χ0n) is 16.7. The number of rotatable bonds is 6. The van der Waals surface area contributed by atoms with Gasteiger partial charge in [0.2, 0.25) is 0 Å². The lowest BCUT2D eigenvalue weighted by atomic mass is 9.99. The fourth-order valence-corrected chi connectivity index (χ4v) is 3.02. The molecular formula is C18H31Cl2N3O4. The van der Waals surface area contributed by atoms with Crippen LogP contribution in [0.3, 0.4) is 0 Å². The summed E-state index contributed by atoms with van der Waals surface area (Å²) in [6, 6.07) is 1.92. The molecule has 1 aromatic carbocycles. The number of aryl methyl sites for hydroxylation is 1. The Labute approximate surface area is 172 Å². The van der Waals surface area contributed by atoms with Crippen LogP contribution in [0.15, 0.2) is 6.07 Å². The van der Waals surface area contributed by atoms with Crippen molar-refractivity contribution in [3.63, 3.8) is 0 Å². The molecule has 0 fully saturated rings. The van der Waals surface area contributed by atoms with Gasteiger partial charge >= 0.3 is 5.97 Å². The summed E-state index contributed by atoms with van der Waals surface area (Å²) in [6.45, 7) is 5.12. The second kappa shape index (κ2) is 11.4. The van der Waals surface area contributed by atoms with E-state index in [2.05, 4.69) is 4.98 Å². The Hall–Kier alpha value is -1.51. The van der Waals surface area contributed by atoms with Crippen LogP contribution >= 0.6 is 24.8 Å². The normalized spacial score (nSPS) is 10.4. The van der Waals surface area contributed by atoms with E-state index in [1.54, 1.807) is 6.92 Å². The van der Waals surface area contributed by atoms with Crippen molar-refractivity contribution in [3.05, 3.63) is 28.5 Å². The van der Waals surface area contributed by atoms with Crippen molar-refractivity contribution in [3.8, 4) is 5.75 Å². The molecule has 2 aromatic rings. The number of benzene rings is 1. The van der Waals surface area contributed by atoms with Gasteiger partial charge < -0.3 is 30.1 Å². The lowest BCUT2D eigenvalue weighted by molar-refractivity contribution is 0.0528. The van der Waals surface area contributed by atoms with Gasteiger partial charge in [-0.25, -0.2) is 4.79 Å². The van der Waals surface area contributed by atoms with E-state index in [1.807, 2.05) is 51.0 Å². The molecule has 0 aliphatic rings. The van der Waals surface area contributed by atoms with Gasteiger partial charge in [0.15, 0.2) is 0 Å². The number of hydrogen-bond acceptors (Lipinski definition) is 5. The van der Waals surface area contributed by atoms with Crippen LogP contribution in [0.2, 0.25) is 0 Å². The van der Waals surface area contributed by atoms with Gasteiger partial charge in [0.25, 0.3) is 0 Å². The number of aromatic nitrogens is 1. The maximum atomic E-state index is 12.4. The predicted molar refractivity (Wildman–Crippen MR) is 114 cm³/mol. The molecule has 0 spiro atoms. The number of nitrogens with zero attached hydrogens (tertiary/aromatic N) is 2. The minimum Gasteiger partial charge on any atom is -0.507 e. The first-order chi connectivity index (χ1) is 11.3. The smallest absolute Gasteiger partial charge is 0.340 e. The molecule has 0 radical (unpaired) electrons. The standard InChI is InChI=1S/C18H27N3O3.2ClH.H2O/c1-7-24-18(23)15-11(2)19-14-8-12(9-20(3)4)17(22)13(16(14)15)10-21(5)6;;;/h8,19,22H,7,9-10H2,1-6H3;2*1H;1H2. The van der Waals surface area contributed by atoms with Crippen LogP contribution in [0, 0.1) is 6.92 Å². The Kier molecular flexibility index (Phi) is 11.7. The third-order valence-electron chi connectivity index (χ3n) is 3.87. The number of aromatic hydroxyl groups is 1. The summed E-state index contributed by atoms with van der Waals surface area (Å²) < 4.78 is 5.21. The highest BCUT2D eigenvalue weighted by Gasteiger charge is 2.24. The van der Waals surface area contributed by atoms with E-state index in [1.165, 1.54) is 0 Å². The van der Waals surface area contributed by atoms with Crippen LogP contribution in [0.25, 0.3) is 10.9 Å². The molecule has 9 heteroatoms. The second-order valence-electron chi connectivity index (χ2n) is 6.61. The molecule has 7 nitrogen and oxygen atoms in total. The molecule has 2 rings (SSSR count). The molecule has 156 valence electrons. The van der Waals surface area contributed by atoms with Crippen LogP contribution in [0.5, 0.6) is 5.75 Å². The minimum atomic E-state index is -0.360. The molecule has 4 N–H and O–H groups in total. The molecule has 0 aliphatic heterocycles. The van der Waals surface area contributed by atoms with Gasteiger partial charge in [0, 0.05) is 40.8 Å². The topological polar surface area (TPSA) is 100 Å². The van der Waals surface area contributed by atoms with Crippen LogP contribution < -0.4 is 0 Å². The van der Waals surface area contributed by atoms with Gasteiger partial charge in [-0.3, -0.25) is 0 Å². The maximum absolute atomic E-state index is 12.4. The maximum Gasteiger partial charge on any atom is 0.340 e. The molecule has 0 saturated heterocycles. The number of H-pyrrole nitrogens is 1. The van der Waals surface area contributed by atoms with Crippen LogP contribution in [0.1, 0.15) is 34.1 Å². The molecular weight excluding hydrogens is 393 g/mol. The summed E-state index contributed by atoms with van der Waals surface area (Å²) in [5.41, 5.74) is 3.70. The highest BCUT2D eigenvalue weighted by Crippen LogP contribution is 2.36. The van der Waals surface area contributed by atoms with E-state index in [9.17, 15) is 9.90 Å². The van der Waals surface area contributed by atoms with Gasteiger partial charge in [0.05, 0.1) is 12.2 Å². The Bertz CT molecular complexity index is 761. The Morgan fingerprint density at radius 2 is 1.70 bits per heavy atom. The second-order valence-corrected chi connectivity index (χ2v) is 6.61. The molecule has 0 saturated carbocycles.